The minimum Gasteiger partial charge on any atom is -0.300 e. The van der Waals surface area contributed by atoms with Crippen molar-refractivity contribution in [2.75, 3.05) is 0 Å². The normalized spacial score (nSPS) is 21.2. The molecule has 1 aliphatic rings. The number of hydrogen-bond donors (Lipinski definition) is 0. The number of carbonyl (C=O) groups excluding carboxylic acids is 1. The predicted octanol–water partition coefficient (Wildman–Crippen LogP) is 2.38. The Balaban J connectivity index is 2.45. The summed E-state index contributed by atoms with van der Waals surface area (Å²) >= 11 is 0. The van der Waals surface area contributed by atoms with Gasteiger partial charge in [-0.05, 0) is 37.1 Å². The minimum atomic E-state index is -4.50. The molecule has 1 aromatic carbocycles. The van der Waals surface area contributed by atoms with E-state index in [1.165, 1.54) is 6.92 Å². The molecule has 7 heteroatoms. The van der Waals surface area contributed by atoms with Crippen LogP contribution >= 0.6 is 0 Å². The van der Waals surface area contributed by atoms with Gasteiger partial charge >= 0.3 is 6.18 Å². The van der Waals surface area contributed by atoms with Crippen LogP contribution in [0.25, 0.3) is 0 Å². The summed E-state index contributed by atoms with van der Waals surface area (Å²) in [7, 11) is -3.69. The third kappa shape index (κ3) is 2.51. The number of sulfone groups is 1. The van der Waals surface area contributed by atoms with E-state index in [0.29, 0.717) is 0 Å². The second-order valence-electron chi connectivity index (χ2n) is 4.60. The van der Waals surface area contributed by atoms with Gasteiger partial charge in [-0.1, -0.05) is 0 Å². The van der Waals surface area contributed by atoms with Crippen LogP contribution in [0.4, 0.5) is 13.2 Å². The Bertz CT molecular complexity index is 632. The van der Waals surface area contributed by atoms with Gasteiger partial charge in [0.1, 0.15) is 5.78 Å². The highest BCUT2D eigenvalue weighted by Gasteiger charge is 2.39. The van der Waals surface area contributed by atoms with Crippen molar-refractivity contribution in [1.29, 1.82) is 0 Å². The molecule has 104 valence electrons. The molecule has 0 radical (unpaired) electrons. The first-order chi connectivity index (χ1) is 8.62. The number of alkyl halides is 3. The Morgan fingerprint density at radius 2 is 2.00 bits per heavy atom. The molecule has 0 N–H and O–H groups in total. The molecule has 0 saturated carbocycles. The molecule has 0 saturated heterocycles. The van der Waals surface area contributed by atoms with Crippen molar-refractivity contribution >= 4 is 15.6 Å². The molecule has 3 nitrogen and oxygen atoms in total. The van der Waals surface area contributed by atoms with E-state index < -0.39 is 26.8 Å². The van der Waals surface area contributed by atoms with Gasteiger partial charge in [-0.2, -0.15) is 13.2 Å². The molecule has 0 bridgehead atoms. The molecule has 19 heavy (non-hydrogen) atoms. The molecule has 1 heterocycles. The molecule has 1 unspecified atom stereocenters. The zero-order valence-corrected chi connectivity index (χ0v) is 10.8. The Morgan fingerprint density at radius 3 is 2.53 bits per heavy atom. The molecule has 1 aliphatic heterocycles. The highest BCUT2D eigenvalue weighted by atomic mass is 32.2. The molecule has 1 atom stereocenters. The molecule has 1 aromatic rings. The second kappa shape index (κ2) is 4.33. The number of Topliss-reactive ketones (excluding diaryl/α,β-unsaturated/α-hetero) is 1. The molecule has 0 amide bonds. The summed E-state index contributed by atoms with van der Waals surface area (Å²) in [6, 6.07) is 2.59. The maximum absolute atomic E-state index is 12.6. The van der Waals surface area contributed by atoms with Crippen molar-refractivity contribution in [3.63, 3.8) is 0 Å². The molecule has 0 aliphatic carbocycles. The van der Waals surface area contributed by atoms with Crippen molar-refractivity contribution in [2.24, 2.45) is 0 Å². The standard InChI is InChI=1S/C12H11F3O3S/c1-7(16)4-10-6-8-5-9(12(13,14)15)2-3-11(8)19(10,17)18/h2-3,5,10H,4,6H2,1H3. The van der Waals surface area contributed by atoms with Crippen LogP contribution in [-0.2, 0) is 27.2 Å². The molecule has 0 aromatic heterocycles. The molecular weight excluding hydrogens is 281 g/mol. The topological polar surface area (TPSA) is 51.2 Å². The highest BCUT2D eigenvalue weighted by Crippen LogP contribution is 2.37. The predicted molar refractivity (Wildman–Crippen MR) is 61.4 cm³/mol. The van der Waals surface area contributed by atoms with E-state index in [0.717, 1.165) is 18.2 Å². The Hall–Kier alpha value is -1.37. The van der Waals surface area contributed by atoms with Gasteiger partial charge in [-0.15, -0.1) is 0 Å². The lowest BCUT2D eigenvalue weighted by Gasteiger charge is -2.07. The van der Waals surface area contributed by atoms with Crippen molar-refractivity contribution < 1.29 is 26.4 Å². The summed E-state index contributed by atoms with van der Waals surface area (Å²) in [5.74, 6) is -0.294. The number of carbonyl (C=O) groups is 1. The third-order valence-electron chi connectivity index (χ3n) is 3.10. The average Bonchev–Trinajstić information content (AvgIpc) is 2.48. The van der Waals surface area contributed by atoms with Crippen molar-refractivity contribution in [3.8, 4) is 0 Å². The maximum Gasteiger partial charge on any atom is 0.416 e. The van der Waals surface area contributed by atoms with E-state index in [4.69, 9.17) is 0 Å². The molecular formula is C12H11F3O3S. The van der Waals surface area contributed by atoms with Crippen LogP contribution in [0.1, 0.15) is 24.5 Å². The van der Waals surface area contributed by atoms with Gasteiger partial charge in [0.25, 0.3) is 0 Å². The van der Waals surface area contributed by atoms with E-state index in [2.05, 4.69) is 0 Å². The minimum absolute atomic E-state index is 0.0405. The van der Waals surface area contributed by atoms with E-state index in [9.17, 15) is 26.4 Å². The van der Waals surface area contributed by atoms with Gasteiger partial charge in [0.05, 0.1) is 15.7 Å². The van der Waals surface area contributed by atoms with Crippen LogP contribution in [0.15, 0.2) is 23.1 Å². The van der Waals surface area contributed by atoms with E-state index in [1.807, 2.05) is 0 Å². The number of rotatable bonds is 2. The monoisotopic (exact) mass is 292 g/mol. The Labute approximate surface area is 108 Å². The van der Waals surface area contributed by atoms with Crippen molar-refractivity contribution in [2.45, 2.75) is 36.1 Å². The smallest absolute Gasteiger partial charge is 0.300 e. The van der Waals surface area contributed by atoms with Gasteiger partial charge in [-0.25, -0.2) is 8.42 Å². The second-order valence-corrected chi connectivity index (χ2v) is 6.79. The van der Waals surface area contributed by atoms with Crippen LogP contribution in [0.5, 0.6) is 0 Å². The van der Waals surface area contributed by atoms with Crippen molar-refractivity contribution in [3.05, 3.63) is 29.3 Å². The van der Waals surface area contributed by atoms with Crippen LogP contribution in [0.3, 0.4) is 0 Å². The lowest BCUT2D eigenvalue weighted by Crippen LogP contribution is -2.19. The number of halogens is 3. The number of benzene rings is 1. The average molecular weight is 292 g/mol. The summed E-state index contributed by atoms with van der Waals surface area (Å²) in [6.07, 6.45) is -4.71. The summed E-state index contributed by atoms with van der Waals surface area (Å²) in [4.78, 5) is 10.9. The van der Waals surface area contributed by atoms with E-state index in [-0.39, 0.29) is 29.1 Å². The first-order valence-corrected chi connectivity index (χ1v) is 7.10. The zero-order chi connectivity index (χ0) is 14.4. The summed E-state index contributed by atoms with van der Waals surface area (Å²) in [5.41, 5.74) is -0.731. The number of hydrogen-bond acceptors (Lipinski definition) is 3. The highest BCUT2D eigenvalue weighted by molar-refractivity contribution is 7.92. The maximum atomic E-state index is 12.6. The van der Waals surface area contributed by atoms with Gasteiger partial charge in [0.15, 0.2) is 9.84 Å². The van der Waals surface area contributed by atoms with Crippen LogP contribution in [0, 0.1) is 0 Å². The fourth-order valence-corrected chi connectivity index (χ4v) is 4.21. The van der Waals surface area contributed by atoms with Gasteiger partial charge in [0, 0.05) is 6.42 Å². The first kappa shape index (κ1) is 14.0. The van der Waals surface area contributed by atoms with Gasteiger partial charge < -0.3 is 0 Å². The zero-order valence-electron chi connectivity index (χ0n) is 9.99. The number of fused-ring (bicyclic) bond motifs is 1. The SMILES string of the molecule is CC(=O)CC1Cc2cc(C(F)(F)F)ccc2S1(=O)=O. The van der Waals surface area contributed by atoms with Gasteiger partial charge in [0.2, 0.25) is 0 Å². The lowest BCUT2D eigenvalue weighted by molar-refractivity contribution is -0.137. The van der Waals surface area contributed by atoms with E-state index >= 15 is 0 Å². The largest absolute Gasteiger partial charge is 0.416 e. The first-order valence-electron chi connectivity index (χ1n) is 5.56. The summed E-state index contributed by atoms with van der Waals surface area (Å²) < 4.78 is 61.8. The van der Waals surface area contributed by atoms with E-state index in [1.54, 1.807) is 0 Å². The fourth-order valence-electron chi connectivity index (χ4n) is 2.23. The molecule has 0 fully saturated rings. The molecule has 2 rings (SSSR count). The molecule has 0 spiro atoms. The lowest BCUT2D eigenvalue weighted by atomic mass is 10.0. The van der Waals surface area contributed by atoms with Crippen molar-refractivity contribution in [1.82, 2.24) is 0 Å². The summed E-state index contributed by atoms with van der Waals surface area (Å²) in [6.45, 7) is 1.26. The Morgan fingerprint density at radius 1 is 1.37 bits per heavy atom. The number of ketones is 1. The summed E-state index contributed by atoms with van der Waals surface area (Å²) in [5, 5.41) is -0.941. The van der Waals surface area contributed by atoms with Crippen LogP contribution < -0.4 is 0 Å². The fraction of sp³-hybridized carbons (Fsp3) is 0.417. The third-order valence-corrected chi connectivity index (χ3v) is 5.32. The van der Waals surface area contributed by atoms with Crippen LogP contribution in [-0.4, -0.2) is 19.5 Å². The van der Waals surface area contributed by atoms with Gasteiger partial charge in [-0.3, -0.25) is 4.79 Å². The Kier molecular flexibility index (Phi) is 3.20. The van der Waals surface area contributed by atoms with Crippen LogP contribution in [0.2, 0.25) is 0 Å². The quantitative estimate of drug-likeness (QED) is 0.841.